The molecular formula is C34H24Ba3N4O18S4. The fraction of sp³-hybridized carbons (Fsp3) is 0. The molecule has 6 rings (SSSR count). The Morgan fingerprint density at radius 1 is 0.429 bits per heavy atom. The monoisotopic (exact) mass is 1320 g/mol. The first-order chi connectivity index (χ1) is 27.8. The molecule has 0 fully saturated rings. The zero-order valence-electron chi connectivity index (χ0n) is 31.4. The molecule has 8 N–H and O–H groups in total. The quantitative estimate of drug-likeness (QED) is 0.0498. The Hall–Kier alpha value is -2.07. The van der Waals surface area contributed by atoms with Gasteiger partial charge in [0.1, 0.15) is 32.5 Å². The molecule has 0 aromatic heterocycles. The van der Waals surface area contributed by atoms with Crippen LogP contribution in [-0.2, 0) is 40.5 Å². The molecule has 0 heterocycles. The summed E-state index contributed by atoms with van der Waals surface area (Å²) in [5.74, 6) is -4.58. The van der Waals surface area contributed by atoms with Crippen LogP contribution in [0.15, 0.2) is 137 Å². The van der Waals surface area contributed by atoms with Gasteiger partial charge in [-0.05, 0) is 71.4 Å². The topological polar surface area (TPSA) is 382 Å². The summed E-state index contributed by atoms with van der Waals surface area (Å²) in [5, 5.41) is 53.8. The van der Waals surface area contributed by atoms with Crippen molar-refractivity contribution in [2.75, 3.05) is 0 Å². The molecule has 22 nitrogen and oxygen atoms in total. The standard InChI is InChI=1S/2C17H12N2O9S2.3Ba/c2*20-16-14(30(26,27)28)8-9-7-10(29(23,24)25)5-6-11(9)15(16)19-18-13-4-2-1-3-12(13)17(21)22;;;/h2*1-8,20H,(H,21,22)(H,23,24,25)(H,26,27,28);;;. The Morgan fingerprint density at radius 2 is 0.746 bits per heavy atom. The molecule has 0 saturated heterocycles. The van der Waals surface area contributed by atoms with Gasteiger partial charge in [-0.2, -0.15) is 33.7 Å². The van der Waals surface area contributed by atoms with Crippen molar-refractivity contribution < 1.29 is 81.9 Å². The van der Waals surface area contributed by atoms with E-state index in [4.69, 9.17) is 0 Å². The fourth-order valence-corrected chi connectivity index (χ4v) is 7.53. The molecule has 0 unspecified atom stereocenters. The van der Waals surface area contributed by atoms with Gasteiger partial charge in [-0.25, -0.2) is 9.59 Å². The Morgan fingerprint density at radius 3 is 1.03 bits per heavy atom. The van der Waals surface area contributed by atoms with E-state index in [0.29, 0.717) is 0 Å². The van der Waals surface area contributed by atoms with Gasteiger partial charge < -0.3 is 20.4 Å². The summed E-state index contributed by atoms with van der Waals surface area (Å²) < 4.78 is 129. The van der Waals surface area contributed by atoms with Crippen LogP contribution in [0.4, 0.5) is 22.7 Å². The molecule has 318 valence electrons. The molecule has 6 aromatic rings. The van der Waals surface area contributed by atoms with E-state index in [1.165, 1.54) is 48.5 Å². The Labute approximate surface area is 476 Å². The van der Waals surface area contributed by atoms with E-state index in [1.54, 1.807) is 0 Å². The van der Waals surface area contributed by atoms with E-state index in [0.717, 1.165) is 48.5 Å². The maximum atomic E-state index is 11.6. The summed E-state index contributed by atoms with van der Waals surface area (Å²) in [6.45, 7) is 0. The number of aromatic hydroxyl groups is 2. The molecule has 0 spiro atoms. The first kappa shape index (κ1) is 57.1. The molecule has 0 amide bonds. The van der Waals surface area contributed by atoms with E-state index < -0.39 is 94.9 Å². The number of rotatable bonds is 10. The number of fused-ring (bicyclic) bond motifs is 2. The summed E-state index contributed by atoms with van der Waals surface area (Å²) in [5.41, 5.74) is -1.59. The molecule has 0 aliphatic carbocycles. The predicted molar refractivity (Wildman–Crippen MR) is 223 cm³/mol. The smallest absolute Gasteiger partial charge is 0.337 e. The number of phenolic OH excluding ortho intramolecular Hbond substituents is 2. The number of hydrogen-bond acceptors (Lipinski definition) is 16. The van der Waals surface area contributed by atoms with Gasteiger partial charge in [0.2, 0.25) is 0 Å². The Kier molecular flexibility index (Phi) is 20.5. The van der Waals surface area contributed by atoms with Gasteiger partial charge in [-0.3, -0.25) is 18.2 Å². The van der Waals surface area contributed by atoms with Gasteiger partial charge >= 0.3 is 11.9 Å². The minimum absolute atomic E-state index is 0. The van der Waals surface area contributed by atoms with E-state index >= 15 is 0 Å². The first-order valence-corrected chi connectivity index (χ1v) is 21.5. The van der Waals surface area contributed by atoms with Crippen LogP contribution < -0.4 is 0 Å². The summed E-state index contributed by atoms with van der Waals surface area (Å²) in [7, 11) is -19.2. The van der Waals surface area contributed by atoms with Gasteiger partial charge in [0, 0.05) is 157 Å². The molecule has 0 atom stereocenters. The Bertz CT molecular complexity index is 3100. The van der Waals surface area contributed by atoms with Crippen LogP contribution in [0.25, 0.3) is 21.5 Å². The van der Waals surface area contributed by atoms with E-state index in [-0.39, 0.29) is 191 Å². The SMILES string of the molecule is O=C(O)c1ccccc1N=Nc1c(O)c(S(=O)(=O)O)cc2cc(S(=O)(=O)O)ccc12.O=C(O)c1ccccc1N=Nc1c(O)c(S(=O)(=O)O)cc2cc(S(=O)(=O)O)ccc12.[Ba].[Ba].[Ba]. The number of aromatic carboxylic acids is 2. The zero-order chi connectivity index (χ0) is 44.5. The maximum Gasteiger partial charge on any atom is 0.337 e. The summed E-state index contributed by atoms with van der Waals surface area (Å²) in [6.07, 6.45) is 0. The van der Waals surface area contributed by atoms with E-state index in [1.807, 2.05) is 0 Å². The van der Waals surface area contributed by atoms with Gasteiger partial charge in [0.25, 0.3) is 40.5 Å². The van der Waals surface area contributed by atoms with Crippen molar-refractivity contribution in [2.24, 2.45) is 20.5 Å². The Balaban J connectivity index is 0.000000414. The number of carboxylic acids is 2. The molecule has 29 heteroatoms. The summed E-state index contributed by atoms with van der Waals surface area (Å²) in [6, 6.07) is 18.6. The van der Waals surface area contributed by atoms with Crippen molar-refractivity contribution in [1.82, 2.24) is 0 Å². The van der Waals surface area contributed by atoms with Crippen molar-refractivity contribution in [2.45, 2.75) is 19.6 Å². The second-order valence-electron chi connectivity index (χ2n) is 11.9. The van der Waals surface area contributed by atoms with Crippen LogP contribution in [-0.4, -0.2) is 231 Å². The molecule has 6 aromatic carbocycles. The van der Waals surface area contributed by atoms with Crippen LogP contribution in [0.3, 0.4) is 0 Å². The minimum Gasteiger partial charge on any atom is -0.504 e. The molecule has 63 heavy (non-hydrogen) atoms. The normalized spacial score (nSPS) is 11.9. The van der Waals surface area contributed by atoms with Crippen molar-refractivity contribution >= 4 is 243 Å². The molecule has 0 saturated carbocycles. The molecular weight excluding hydrogens is 1290 g/mol. The van der Waals surface area contributed by atoms with Crippen LogP contribution in [0, 0.1) is 0 Å². The number of carboxylic acid groups (broad SMARTS) is 2. The van der Waals surface area contributed by atoms with Crippen molar-refractivity contribution in [3.05, 3.63) is 108 Å². The van der Waals surface area contributed by atoms with Crippen molar-refractivity contribution in [3.63, 3.8) is 0 Å². The van der Waals surface area contributed by atoms with E-state index in [9.17, 15) is 81.9 Å². The van der Waals surface area contributed by atoms with Gasteiger partial charge in [0.05, 0.1) is 20.9 Å². The largest absolute Gasteiger partial charge is 0.504 e. The van der Waals surface area contributed by atoms with Crippen LogP contribution >= 0.6 is 0 Å². The second kappa shape index (κ2) is 22.6. The summed E-state index contributed by atoms with van der Waals surface area (Å²) >= 11 is 0. The maximum absolute atomic E-state index is 11.6. The average Bonchev–Trinajstić information content (AvgIpc) is 3.15. The second-order valence-corrected chi connectivity index (χ2v) is 17.5. The third-order valence-electron chi connectivity index (χ3n) is 7.98. The minimum atomic E-state index is -4.96. The third-order valence-corrected chi connectivity index (χ3v) is 11.4. The van der Waals surface area contributed by atoms with Crippen LogP contribution in [0.5, 0.6) is 11.5 Å². The average molecular weight is 1320 g/mol. The number of carbonyl (C=O) groups is 2. The fourth-order valence-electron chi connectivity index (χ4n) is 5.27. The van der Waals surface area contributed by atoms with Crippen molar-refractivity contribution in [3.8, 4) is 11.5 Å². The first-order valence-electron chi connectivity index (χ1n) is 15.8. The molecule has 6 radical (unpaired) electrons. The van der Waals surface area contributed by atoms with Gasteiger partial charge in [-0.1, -0.05) is 36.4 Å². The predicted octanol–water partition coefficient (Wildman–Crippen LogP) is 5.16. The van der Waals surface area contributed by atoms with Gasteiger partial charge in [0.15, 0.2) is 11.5 Å². The molecule has 0 aliphatic rings. The summed E-state index contributed by atoms with van der Waals surface area (Å²) in [4.78, 5) is 19.5. The number of phenols is 2. The number of hydrogen-bond donors (Lipinski definition) is 8. The number of nitrogens with zero attached hydrogens (tertiary/aromatic N) is 4. The number of benzene rings is 6. The molecule has 0 aliphatic heterocycles. The van der Waals surface area contributed by atoms with E-state index in [2.05, 4.69) is 20.5 Å². The van der Waals surface area contributed by atoms with Crippen LogP contribution in [0.1, 0.15) is 20.7 Å². The third kappa shape index (κ3) is 14.0. The van der Waals surface area contributed by atoms with Crippen LogP contribution in [0.2, 0.25) is 0 Å². The van der Waals surface area contributed by atoms with Gasteiger partial charge in [-0.15, -0.1) is 20.5 Å². The number of azo groups is 2. The zero-order valence-corrected chi connectivity index (χ0v) is 48.0. The van der Waals surface area contributed by atoms with Crippen molar-refractivity contribution in [1.29, 1.82) is 0 Å². The molecule has 0 bridgehead atoms.